The maximum Gasteiger partial charge on any atom is 0.447 e. The van der Waals surface area contributed by atoms with E-state index in [2.05, 4.69) is 10.3 Å². The molecule has 0 aliphatic rings. The van der Waals surface area contributed by atoms with Crippen LogP contribution in [0.4, 0.5) is 13.2 Å². The molecule has 32 heavy (non-hydrogen) atoms. The van der Waals surface area contributed by atoms with Gasteiger partial charge in [-0.3, -0.25) is 4.18 Å². The SMILES string of the molecule is COc1ccc(Cn2nnc(CCOS(=O)(=O)c3ccc(C)cc3)c2SC(F)(F)F)cc1. The molecule has 0 unspecified atom stereocenters. The van der Waals surface area contributed by atoms with E-state index < -0.39 is 15.6 Å². The molecule has 0 saturated heterocycles. The van der Waals surface area contributed by atoms with E-state index in [1.807, 2.05) is 6.92 Å². The molecule has 0 saturated carbocycles. The maximum atomic E-state index is 13.1. The number of ether oxygens (including phenoxy) is 1. The highest BCUT2D eigenvalue weighted by Crippen LogP contribution is 2.38. The van der Waals surface area contributed by atoms with E-state index in [0.29, 0.717) is 11.3 Å². The largest absolute Gasteiger partial charge is 0.497 e. The second-order valence-corrected chi connectivity index (χ2v) is 9.40. The lowest BCUT2D eigenvalue weighted by molar-refractivity contribution is -0.0331. The summed E-state index contributed by atoms with van der Waals surface area (Å²) < 4.78 is 75.2. The highest BCUT2D eigenvalue weighted by atomic mass is 32.2. The smallest absolute Gasteiger partial charge is 0.447 e. The number of rotatable bonds is 9. The van der Waals surface area contributed by atoms with E-state index in [9.17, 15) is 21.6 Å². The van der Waals surface area contributed by atoms with Crippen LogP contribution in [0.2, 0.25) is 0 Å². The van der Waals surface area contributed by atoms with Crippen LogP contribution in [0, 0.1) is 6.92 Å². The van der Waals surface area contributed by atoms with Crippen molar-refractivity contribution < 1.29 is 30.5 Å². The molecule has 3 aromatic rings. The molecule has 0 amide bonds. The molecule has 0 N–H and O–H groups in total. The van der Waals surface area contributed by atoms with Crippen LogP contribution in [0.15, 0.2) is 58.5 Å². The van der Waals surface area contributed by atoms with Crippen molar-refractivity contribution in [2.45, 2.75) is 35.3 Å². The van der Waals surface area contributed by atoms with Crippen LogP contribution >= 0.6 is 11.8 Å². The van der Waals surface area contributed by atoms with Gasteiger partial charge in [0.1, 0.15) is 10.8 Å². The fourth-order valence-electron chi connectivity index (χ4n) is 2.75. The van der Waals surface area contributed by atoms with Gasteiger partial charge in [-0.05, 0) is 36.8 Å². The van der Waals surface area contributed by atoms with Gasteiger partial charge in [-0.1, -0.05) is 35.0 Å². The van der Waals surface area contributed by atoms with Crippen molar-refractivity contribution >= 4 is 21.9 Å². The van der Waals surface area contributed by atoms with E-state index in [1.54, 1.807) is 36.4 Å². The zero-order chi connectivity index (χ0) is 23.4. The van der Waals surface area contributed by atoms with Crippen molar-refractivity contribution in [3.8, 4) is 5.75 Å². The van der Waals surface area contributed by atoms with Crippen LogP contribution in [0.25, 0.3) is 0 Å². The van der Waals surface area contributed by atoms with Gasteiger partial charge in [0.15, 0.2) is 0 Å². The number of thioether (sulfide) groups is 1. The Morgan fingerprint density at radius 2 is 1.72 bits per heavy atom. The van der Waals surface area contributed by atoms with Crippen molar-refractivity contribution in [3.63, 3.8) is 0 Å². The summed E-state index contributed by atoms with van der Waals surface area (Å²) >= 11 is -0.348. The minimum Gasteiger partial charge on any atom is -0.497 e. The number of alkyl halides is 3. The molecule has 2 aromatic carbocycles. The maximum absolute atomic E-state index is 13.1. The van der Waals surface area contributed by atoms with Crippen molar-refractivity contribution in [3.05, 3.63) is 65.4 Å². The zero-order valence-corrected chi connectivity index (χ0v) is 18.8. The van der Waals surface area contributed by atoms with Gasteiger partial charge in [-0.25, -0.2) is 4.68 Å². The number of hydrogen-bond donors (Lipinski definition) is 0. The zero-order valence-electron chi connectivity index (χ0n) is 17.2. The lowest BCUT2D eigenvalue weighted by Gasteiger charge is -2.11. The monoisotopic (exact) mass is 487 g/mol. The Bertz CT molecular complexity index is 1150. The summed E-state index contributed by atoms with van der Waals surface area (Å²) in [6.07, 6.45) is -0.161. The van der Waals surface area contributed by atoms with Crippen molar-refractivity contribution in [1.82, 2.24) is 15.0 Å². The lowest BCUT2D eigenvalue weighted by atomic mass is 10.2. The van der Waals surface area contributed by atoms with E-state index in [4.69, 9.17) is 8.92 Å². The first-order valence-electron chi connectivity index (χ1n) is 9.34. The molecule has 1 heterocycles. The number of halogens is 3. The first-order chi connectivity index (χ1) is 15.1. The van der Waals surface area contributed by atoms with Crippen molar-refractivity contribution in [1.29, 1.82) is 0 Å². The Morgan fingerprint density at radius 3 is 2.31 bits per heavy atom. The first-order valence-corrected chi connectivity index (χ1v) is 11.6. The van der Waals surface area contributed by atoms with Crippen LogP contribution in [-0.2, 0) is 27.3 Å². The van der Waals surface area contributed by atoms with Gasteiger partial charge in [0.25, 0.3) is 10.1 Å². The number of methoxy groups -OCH3 is 1. The Balaban J connectivity index is 1.74. The predicted octanol–water partition coefficient (Wildman–Crippen LogP) is 4.20. The summed E-state index contributed by atoms with van der Waals surface area (Å²) in [7, 11) is -2.53. The van der Waals surface area contributed by atoms with Crippen molar-refractivity contribution in [2.75, 3.05) is 13.7 Å². The second-order valence-electron chi connectivity index (χ2n) is 6.73. The molecule has 172 valence electrons. The third-order valence-electron chi connectivity index (χ3n) is 4.35. The van der Waals surface area contributed by atoms with E-state index in [1.165, 1.54) is 19.2 Å². The van der Waals surface area contributed by atoms with Gasteiger partial charge < -0.3 is 4.74 Å². The summed E-state index contributed by atoms with van der Waals surface area (Å²) in [6.45, 7) is 1.49. The van der Waals surface area contributed by atoms with Crippen LogP contribution < -0.4 is 4.74 Å². The van der Waals surface area contributed by atoms with Gasteiger partial charge in [0.2, 0.25) is 0 Å². The van der Waals surface area contributed by atoms with Crippen LogP contribution in [0.1, 0.15) is 16.8 Å². The minimum atomic E-state index is -4.57. The van der Waals surface area contributed by atoms with E-state index >= 15 is 0 Å². The van der Waals surface area contributed by atoms with Crippen molar-refractivity contribution in [2.24, 2.45) is 0 Å². The molecule has 3 rings (SSSR count). The molecule has 0 aliphatic carbocycles. The number of hydrogen-bond acceptors (Lipinski definition) is 7. The molecule has 0 aliphatic heterocycles. The highest BCUT2D eigenvalue weighted by molar-refractivity contribution is 8.00. The van der Waals surface area contributed by atoms with Gasteiger partial charge in [-0.2, -0.15) is 21.6 Å². The summed E-state index contributed by atoms with van der Waals surface area (Å²) in [5.41, 5.74) is -2.99. The van der Waals surface area contributed by atoms with Gasteiger partial charge in [0, 0.05) is 18.2 Å². The predicted molar refractivity (Wildman–Crippen MR) is 112 cm³/mol. The Morgan fingerprint density at radius 1 is 1.06 bits per heavy atom. The number of nitrogens with zero attached hydrogens (tertiary/aromatic N) is 3. The fourth-order valence-corrected chi connectivity index (χ4v) is 4.34. The standard InChI is InChI=1S/C20H20F3N3O4S2/c1-14-3-9-17(10-4-14)32(27,28)30-12-11-18-19(31-20(21,22)23)26(25-24-18)13-15-5-7-16(29-2)8-6-15/h3-10H,11-13H2,1-2H3. The van der Waals surface area contributed by atoms with Gasteiger partial charge >= 0.3 is 5.51 Å². The lowest BCUT2D eigenvalue weighted by Crippen LogP contribution is -2.11. The number of aryl methyl sites for hydroxylation is 1. The molecular weight excluding hydrogens is 467 g/mol. The van der Waals surface area contributed by atoms with Crippen LogP contribution in [-0.4, -0.2) is 42.6 Å². The molecule has 1 aromatic heterocycles. The molecule has 0 bridgehead atoms. The third-order valence-corrected chi connectivity index (χ3v) is 6.54. The topological polar surface area (TPSA) is 83.3 Å². The fraction of sp³-hybridized carbons (Fsp3) is 0.300. The molecule has 0 atom stereocenters. The Hall–Kier alpha value is -2.57. The second kappa shape index (κ2) is 9.92. The molecule has 0 radical (unpaired) electrons. The molecule has 12 heteroatoms. The highest BCUT2D eigenvalue weighted by Gasteiger charge is 2.33. The Kier molecular flexibility index (Phi) is 7.47. The third kappa shape index (κ3) is 6.47. The summed E-state index contributed by atoms with van der Waals surface area (Å²) in [5.74, 6) is 0.616. The quantitative estimate of drug-likeness (QED) is 0.330. The van der Waals surface area contributed by atoms with Gasteiger partial charge in [0.05, 0.1) is 30.9 Å². The van der Waals surface area contributed by atoms with Gasteiger partial charge in [-0.15, -0.1) is 5.10 Å². The van der Waals surface area contributed by atoms with E-state index in [-0.39, 0.29) is 46.9 Å². The normalized spacial score (nSPS) is 12.2. The first kappa shape index (κ1) is 24.1. The molecular formula is C20H20F3N3O4S2. The summed E-state index contributed by atoms with van der Waals surface area (Å²) in [4.78, 5) is -0.0313. The number of benzene rings is 2. The number of aromatic nitrogens is 3. The average Bonchev–Trinajstić information content (AvgIpc) is 3.08. The average molecular weight is 488 g/mol. The summed E-state index contributed by atoms with van der Waals surface area (Å²) in [5, 5.41) is 7.44. The van der Waals surface area contributed by atoms with E-state index in [0.717, 1.165) is 10.2 Å². The molecule has 0 spiro atoms. The molecule has 7 nitrogen and oxygen atoms in total. The minimum absolute atomic E-state index is 0.0000530. The summed E-state index contributed by atoms with van der Waals surface area (Å²) in [6, 6.07) is 12.8. The van der Waals surface area contributed by atoms with Crippen LogP contribution in [0.3, 0.4) is 0 Å². The molecule has 0 fully saturated rings. The van der Waals surface area contributed by atoms with Crippen LogP contribution in [0.5, 0.6) is 5.75 Å². The Labute approximate surface area is 187 Å².